The molecule has 0 bridgehead atoms. The number of carbonyl (C=O) groups excluding carboxylic acids is 2. The summed E-state index contributed by atoms with van der Waals surface area (Å²) in [7, 11) is 0. The Hall–Kier alpha value is -4.10. The van der Waals surface area contributed by atoms with Crippen molar-refractivity contribution < 1.29 is 14.7 Å². The van der Waals surface area contributed by atoms with Crippen LogP contribution in [0.3, 0.4) is 0 Å². The Morgan fingerprint density at radius 2 is 1.74 bits per heavy atom. The molecule has 6 nitrogen and oxygen atoms in total. The molecule has 2 aromatic heterocycles. The second kappa shape index (κ2) is 8.68. The maximum Gasteiger partial charge on any atom is 0.294 e. The van der Waals surface area contributed by atoms with Crippen LogP contribution >= 0.6 is 11.3 Å². The maximum absolute atomic E-state index is 13.9. The van der Waals surface area contributed by atoms with E-state index in [1.165, 1.54) is 16.2 Å². The van der Waals surface area contributed by atoms with Gasteiger partial charge in [-0.1, -0.05) is 54.6 Å². The van der Waals surface area contributed by atoms with Crippen LogP contribution in [0.5, 0.6) is 0 Å². The van der Waals surface area contributed by atoms with Crippen LogP contribution in [0.4, 0.5) is 5.69 Å². The SMILES string of the molecule is Cc1ccccc1N1C(=O)C(O)=C(C(=O)c2sc(-c3ccccc3)nc2C)C1c1cccnc1. The number of hydrogen-bond donors (Lipinski definition) is 1. The number of aryl methyl sites for hydroxylation is 2. The molecule has 1 amide bonds. The van der Waals surface area contributed by atoms with Gasteiger partial charge >= 0.3 is 0 Å². The number of anilines is 1. The van der Waals surface area contributed by atoms with Crippen LogP contribution in [0.25, 0.3) is 10.6 Å². The molecule has 7 heteroatoms. The first-order valence-corrected chi connectivity index (χ1v) is 11.6. The highest BCUT2D eigenvalue weighted by molar-refractivity contribution is 7.17. The van der Waals surface area contributed by atoms with Gasteiger partial charge in [0.1, 0.15) is 5.01 Å². The zero-order valence-electron chi connectivity index (χ0n) is 18.6. The summed E-state index contributed by atoms with van der Waals surface area (Å²) < 4.78 is 0. The van der Waals surface area contributed by atoms with Gasteiger partial charge in [0, 0.05) is 23.6 Å². The van der Waals surface area contributed by atoms with E-state index >= 15 is 0 Å². The minimum atomic E-state index is -0.809. The fourth-order valence-electron chi connectivity index (χ4n) is 4.21. The van der Waals surface area contributed by atoms with Crippen LogP contribution in [0, 0.1) is 13.8 Å². The fraction of sp³-hybridized carbons (Fsp3) is 0.111. The predicted molar refractivity (Wildman–Crippen MR) is 132 cm³/mol. The monoisotopic (exact) mass is 467 g/mol. The first-order valence-electron chi connectivity index (χ1n) is 10.8. The van der Waals surface area contributed by atoms with Crippen molar-refractivity contribution in [1.82, 2.24) is 9.97 Å². The van der Waals surface area contributed by atoms with Gasteiger partial charge in [0.15, 0.2) is 5.76 Å². The van der Waals surface area contributed by atoms with E-state index in [-0.39, 0.29) is 5.57 Å². The molecule has 5 rings (SSSR count). The summed E-state index contributed by atoms with van der Waals surface area (Å²) in [4.78, 5) is 37.9. The van der Waals surface area contributed by atoms with Crippen molar-refractivity contribution in [2.45, 2.75) is 19.9 Å². The van der Waals surface area contributed by atoms with Gasteiger partial charge in [0.05, 0.1) is 22.2 Å². The summed E-state index contributed by atoms with van der Waals surface area (Å²) in [5, 5.41) is 11.7. The molecule has 2 aromatic carbocycles. The quantitative estimate of drug-likeness (QED) is 0.386. The fourth-order valence-corrected chi connectivity index (χ4v) is 5.23. The van der Waals surface area contributed by atoms with Gasteiger partial charge in [0.25, 0.3) is 5.91 Å². The van der Waals surface area contributed by atoms with Gasteiger partial charge in [-0.05, 0) is 37.1 Å². The maximum atomic E-state index is 13.9. The van der Waals surface area contributed by atoms with Gasteiger partial charge in [-0.15, -0.1) is 11.3 Å². The highest BCUT2D eigenvalue weighted by atomic mass is 32.1. The molecular formula is C27H21N3O3S. The summed E-state index contributed by atoms with van der Waals surface area (Å²) in [6.45, 7) is 3.65. The molecular weight excluding hydrogens is 446 g/mol. The summed E-state index contributed by atoms with van der Waals surface area (Å²) in [6, 6.07) is 19.7. The van der Waals surface area contributed by atoms with Gasteiger partial charge in [-0.25, -0.2) is 4.98 Å². The number of nitrogens with zero attached hydrogens (tertiary/aromatic N) is 3. The van der Waals surface area contributed by atoms with E-state index in [4.69, 9.17) is 0 Å². The summed E-state index contributed by atoms with van der Waals surface area (Å²) >= 11 is 1.26. The molecule has 0 saturated heterocycles. The third kappa shape index (κ3) is 3.60. The van der Waals surface area contributed by atoms with E-state index < -0.39 is 23.5 Å². The lowest BCUT2D eigenvalue weighted by atomic mass is 9.95. The van der Waals surface area contributed by atoms with Crippen molar-refractivity contribution in [1.29, 1.82) is 0 Å². The number of thiazole rings is 1. The third-order valence-electron chi connectivity index (χ3n) is 5.85. The Morgan fingerprint density at radius 1 is 1.00 bits per heavy atom. The average Bonchev–Trinajstić information content (AvgIpc) is 3.38. The zero-order valence-corrected chi connectivity index (χ0v) is 19.4. The number of para-hydroxylation sites is 1. The van der Waals surface area contributed by atoms with Crippen LogP contribution in [-0.2, 0) is 4.79 Å². The smallest absolute Gasteiger partial charge is 0.294 e. The van der Waals surface area contributed by atoms with E-state index in [0.717, 1.165) is 11.1 Å². The van der Waals surface area contributed by atoms with E-state index in [9.17, 15) is 14.7 Å². The number of benzene rings is 2. The number of amides is 1. The number of Topliss-reactive ketones (excluding diaryl/α,β-unsaturated/α-hetero) is 1. The number of aliphatic hydroxyl groups is 1. The average molecular weight is 468 g/mol. The van der Waals surface area contributed by atoms with E-state index in [2.05, 4.69) is 9.97 Å². The Morgan fingerprint density at radius 3 is 2.44 bits per heavy atom. The molecule has 1 N–H and O–H groups in total. The van der Waals surface area contributed by atoms with Crippen LogP contribution in [0.15, 0.2) is 90.5 Å². The molecule has 0 radical (unpaired) electrons. The number of carbonyl (C=O) groups is 2. The predicted octanol–water partition coefficient (Wildman–Crippen LogP) is 5.60. The molecule has 0 aliphatic carbocycles. The van der Waals surface area contributed by atoms with Gasteiger partial charge in [-0.2, -0.15) is 0 Å². The number of aliphatic hydroxyl groups excluding tert-OH is 1. The first kappa shape index (κ1) is 21.7. The molecule has 1 aliphatic rings. The molecule has 0 fully saturated rings. The molecule has 4 aromatic rings. The number of hydrogen-bond acceptors (Lipinski definition) is 6. The van der Waals surface area contributed by atoms with Crippen molar-refractivity contribution in [3.8, 4) is 10.6 Å². The van der Waals surface area contributed by atoms with Gasteiger partial charge in [0.2, 0.25) is 5.78 Å². The standard InChI is InChI=1S/C27H21N3O3S/c1-16-9-6-7-13-20(16)30-22(19-12-8-14-28-15-19)21(24(32)27(30)33)23(31)25-17(2)29-26(34-25)18-10-4-3-5-11-18/h3-15,22,32H,1-2H3. The molecule has 0 saturated carbocycles. The Bertz CT molecular complexity index is 1430. The van der Waals surface area contributed by atoms with Gasteiger partial charge < -0.3 is 5.11 Å². The molecule has 3 heterocycles. The first-order chi connectivity index (χ1) is 16.5. The molecule has 1 atom stereocenters. The summed E-state index contributed by atoms with van der Waals surface area (Å²) in [6.07, 6.45) is 3.24. The molecule has 168 valence electrons. The van der Waals surface area contributed by atoms with E-state index in [1.54, 1.807) is 31.5 Å². The highest BCUT2D eigenvalue weighted by Crippen LogP contribution is 2.43. The second-order valence-electron chi connectivity index (χ2n) is 8.04. The Labute approximate surface area is 200 Å². The molecule has 1 aliphatic heterocycles. The topological polar surface area (TPSA) is 83.4 Å². The van der Waals surface area contributed by atoms with Gasteiger partial charge in [-0.3, -0.25) is 19.5 Å². The molecule has 34 heavy (non-hydrogen) atoms. The summed E-state index contributed by atoms with van der Waals surface area (Å²) in [5.41, 5.74) is 3.61. The number of ketones is 1. The zero-order chi connectivity index (χ0) is 23.8. The minimum Gasteiger partial charge on any atom is -0.503 e. The van der Waals surface area contributed by atoms with Crippen molar-refractivity contribution >= 4 is 28.7 Å². The Kier molecular flexibility index (Phi) is 5.55. The van der Waals surface area contributed by atoms with Crippen molar-refractivity contribution in [2.24, 2.45) is 0 Å². The lowest BCUT2D eigenvalue weighted by Crippen LogP contribution is -2.31. The van der Waals surface area contributed by atoms with Crippen LogP contribution in [0.1, 0.15) is 32.5 Å². The Balaban J connectivity index is 1.64. The normalized spacial score (nSPS) is 15.8. The van der Waals surface area contributed by atoms with Crippen LogP contribution in [-0.4, -0.2) is 26.8 Å². The van der Waals surface area contributed by atoms with Crippen LogP contribution in [0.2, 0.25) is 0 Å². The highest BCUT2D eigenvalue weighted by Gasteiger charge is 2.45. The van der Waals surface area contributed by atoms with Crippen molar-refractivity contribution in [3.05, 3.63) is 112 Å². The minimum absolute atomic E-state index is 0.0348. The lowest BCUT2D eigenvalue weighted by Gasteiger charge is -2.27. The van der Waals surface area contributed by atoms with Crippen molar-refractivity contribution in [3.63, 3.8) is 0 Å². The summed E-state index contributed by atoms with van der Waals surface area (Å²) in [5.74, 6) is -1.57. The number of aromatic nitrogens is 2. The third-order valence-corrected chi connectivity index (χ3v) is 7.06. The second-order valence-corrected chi connectivity index (χ2v) is 9.04. The van der Waals surface area contributed by atoms with E-state index in [0.29, 0.717) is 26.8 Å². The number of rotatable bonds is 5. The number of pyridine rings is 1. The lowest BCUT2D eigenvalue weighted by molar-refractivity contribution is -0.117. The van der Waals surface area contributed by atoms with Crippen LogP contribution < -0.4 is 4.90 Å². The molecule has 0 spiro atoms. The largest absolute Gasteiger partial charge is 0.503 e. The van der Waals surface area contributed by atoms with Crippen molar-refractivity contribution in [2.75, 3.05) is 4.90 Å². The molecule has 1 unspecified atom stereocenters. The van der Waals surface area contributed by atoms with E-state index in [1.807, 2.05) is 61.5 Å².